The van der Waals surface area contributed by atoms with Crippen LogP contribution in [0.3, 0.4) is 0 Å². The second kappa shape index (κ2) is 6.42. The lowest BCUT2D eigenvalue weighted by atomic mass is 9.84. The number of benzene rings is 1. The Hall–Kier alpha value is -2.10. The first-order chi connectivity index (χ1) is 11.5. The molecule has 1 aromatic carbocycles. The summed E-state index contributed by atoms with van der Waals surface area (Å²) in [4.78, 5) is 24.7. The molecule has 0 radical (unpaired) electrons. The second-order valence-corrected chi connectivity index (χ2v) is 6.77. The Bertz CT molecular complexity index is 699. The lowest BCUT2D eigenvalue weighted by Gasteiger charge is -2.22. The molecule has 128 valence electrons. The predicted octanol–water partition coefficient (Wildman–Crippen LogP) is 3.38. The maximum atomic E-state index is 12.4. The van der Waals surface area contributed by atoms with Gasteiger partial charge in [-0.1, -0.05) is 18.2 Å². The van der Waals surface area contributed by atoms with Crippen molar-refractivity contribution in [1.82, 2.24) is 0 Å². The standard InChI is InChI=1S/C20H24O4/c1-13-16(14-7-5-4-6-8-14)10-9-15-11-20(12-17(13)15,18(21)23-2)19(22)24-3/h7,9-10H,4-6,8,11-12H2,1-3H3. The van der Waals surface area contributed by atoms with Gasteiger partial charge in [-0.15, -0.1) is 0 Å². The van der Waals surface area contributed by atoms with E-state index in [9.17, 15) is 9.59 Å². The van der Waals surface area contributed by atoms with Crippen LogP contribution in [-0.2, 0) is 31.9 Å². The summed E-state index contributed by atoms with van der Waals surface area (Å²) in [6, 6.07) is 4.19. The third-order valence-corrected chi connectivity index (χ3v) is 5.46. The monoisotopic (exact) mass is 328 g/mol. The van der Waals surface area contributed by atoms with Crippen molar-refractivity contribution in [2.24, 2.45) is 5.41 Å². The van der Waals surface area contributed by atoms with Crippen LogP contribution in [0.1, 0.15) is 47.9 Å². The fraction of sp³-hybridized carbons (Fsp3) is 0.500. The van der Waals surface area contributed by atoms with Crippen molar-refractivity contribution < 1.29 is 19.1 Å². The maximum Gasteiger partial charge on any atom is 0.323 e. The van der Waals surface area contributed by atoms with Gasteiger partial charge in [-0.2, -0.15) is 0 Å². The first kappa shape index (κ1) is 16.7. The zero-order chi connectivity index (χ0) is 17.3. The number of esters is 2. The molecule has 0 heterocycles. The highest BCUT2D eigenvalue weighted by Gasteiger charge is 2.53. The normalized spacial score (nSPS) is 18.5. The number of ether oxygens (including phenoxy) is 2. The average Bonchev–Trinajstić information content (AvgIpc) is 3.03. The Kier molecular flexibility index (Phi) is 4.48. The van der Waals surface area contributed by atoms with Crippen LogP contribution in [0.25, 0.3) is 5.57 Å². The molecule has 0 spiro atoms. The quantitative estimate of drug-likeness (QED) is 0.630. The van der Waals surface area contributed by atoms with Crippen molar-refractivity contribution in [2.45, 2.75) is 45.4 Å². The molecular formula is C20H24O4. The van der Waals surface area contributed by atoms with Gasteiger partial charge in [-0.05, 0) is 66.9 Å². The molecule has 0 saturated carbocycles. The van der Waals surface area contributed by atoms with Gasteiger partial charge in [-0.3, -0.25) is 9.59 Å². The van der Waals surface area contributed by atoms with Crippen LogP contribution in [0, 0.1) is 12.3 Å². The molecule has 4 heteroatoms. The molecular weight excluding hydrogens is 304 g/mol. The van der Waals surface area contributed by atoms with Gasteiger partial charge >= 0.3 is 11.9 Å². The number of allylic oxidation sites excluding steroid dienone is 2. The van der Waals surface area contributed by atoms with E-state index >= 15 is 0 Å². The minimum Gasteiger partial charge on any atom is -0.468 e. The fourth-order valence-electron chi connectivity index (χ4n) is 4.11. The first-order valence-electron chi connectivity index (χ1n) is 8.51. The summed E-state index contributed by atoms with van der Waals surface area (Å²) in [5, 5.41) is 0. The molecule has 24 heavy (non-hydrogen) atoms. The molecule has 0 N–H and O–H groups in total. The van der Waals surface area contributed by atoms with Crippen molar-refractivity contribution in [3.05, 3.63) is 40.5 Å². The van der Waals surface area contributed by atoms with Gasteiger partial charge < -0.3 is 9.47 Å². The van der Waals surface area contributed by atoms with Crippen molar-refractivity contribution in [3.63, 3.8) is 0 Å². The summed E-state index contributed by atoms with van der Waals surface area (Å²) in [7, 11) is 2.64. The summed E-state index contributed by atoms with van der Waals surface area (Å²) < 4.78 is 9.85. The number of hydrogen-bond acceptors (Lipinski definition) is 4. The molecule has 0 fully saturated rings. The van der Waals surface area contributed by atoms with Gasteiger partial charge in [0.1, 0.15) is 0 Å². The summed E-state index contributed by atoms with van der Waals surface area (Å²) >= 11 is 0. The van der Waals surface area contributed by atoms with Crippen molar-refractivity contribution in [3.8, 4) is 0 Å². The van der Waals surface area contributed by atoms with E-state index in [1.165, 1.54) is 43.8 Å². The molecule has 0 unspecified atom stereocenters. The smallest absolute Gasteiger partial charge is 0.323 e. The van der Waals surface area contributed by atoms with Gasteiger partial charge in [0.25, 0.3) is 0 Å². The summed E-state index contributed by atoms with van der Waals surface area (Å²) in [6.07, 6.45) is 7.72. The summed E-state index contributed by atoms with van der Waals surface area (Å²) in [6.45, 7) is 2.09. The third kappa shape index (κ3) is 2.54. The molecule has 0 amide bonds. The van der Waals surface area contributed by atoms with Gasteiger partial charge in [0.05, 0.1) is 14.2 Å². The highest BCUT2D eigenvalue weighted by molar-refractivity contribution is 6.01. The van der Waals surface area contributed by atoms with Crippen LogP contribution < -0.4 is 0 Å². The number of carbonyl (C=O) groups excluding carboxylic acids is 2. The van der Waals surface area contributed by atoms with Crippen LogP contribution in [0.15, 0.2) is 18.2 Å². The first-order valence-corrected chi connectivity index (χ1v) is 8.51. The number of rotatable bonds is 3. The van der Waals surface area contributed by atoms with E-state index in [0.29, 0.717) is 12.8 Å². The molecule has 2 aliphatic carbocycles. The van der Waals surface area contributed by atoms with Crippen molar-refractivity contribution in [2.75, 3.05) is 14.2 Å². The Morgan fingerprint density at radius 2 is 1.75 bits per heavy atom. The molecule has 3 rings (SSSR count). The van der Waals surface area contributed by atoms with Gasteiger partial charge in [-0.25, -0.2) is 0 Å². The minimum absolute atomic E-state index is 0.349. The lowest BCUT2D eigenvalue weighted by molar-refractivity contribution is -0.168. The maximum absolute atomic E-state index is 12.4. The molecule has 0 saturated heterocycles. The van der Waals surface area contributed by atoms with Crippen molar-refractivity contribution in [1.29, 1.82) is 0 Å². The zero-order valence-electron chi connectivity index (χ0n) is 14.6. The van der Waals surface area contributed by atoms with E-state index in [1.807, 2.05) is 0 Å². The van der Waals surface area contributed by atoms with E-state index in [4.69, 9.17) is 9.47 Å². The number of methoxy groups -OCH3 is 2. The second-order valence-electron chi connectivity index (χ2n) is 6.77. The topological polar surface area (TPSA) is 52.6 Å². The summed E-state index contributed by atoms with van der Waals surface area (Å²) in [5.41, 5.74) is 4.71. The SMILES string of the molecule is COC(=O)C1(C(=O)OC)Cc2ccc(C3=CCCCC3)c(C)c2C1. The highest BCUT2D eigenvalue weighted by atomic mass is 16.5. The zero-order valence-corrected chi connectivity index (χ0v) is 14.6. The molecule has 0 bridgehead atoms. The highest BCUT2D eigenvalue weighted by Crippen LogP contribution is 2.43. The molecule has 2 aliphatic rings. The van der Waals surface area contributed by atoms with E-state index in [-0.39, 0.29) is 0 Å². The van der Waals surface area contributed by atoms with Crippen molar-refractivity contribution >= 4 is 17.5 Å². The largest absolute Gasteiger partial charge is 0.468 e. The Morgan fingerprint density at radius 1 is 1.04 bits per heavy atom. The average molecular weight is 328 g/mol. The van der Waals surface area contributed by atoms with Crippen LogP contribution >= 0.6 is 0 Å². The van der Waals surface area contributed by atoms with Crippen LogP contribution in [0.2, 0.25) is 0 Å². The number of carbonyl (C=O) groups is 2. The van der Waals surface area contributed by atoms with Gasteiger partial charge in [0.2, 0.25) is 0 Å². The van der Waals surface area contributed by atoms with Crippen LogP contribution in [0.5, 0.6) is 0 Å². The Balaban J connectivity index is 2.03. The Labute approximate surface area is 142 Å². The summed E-state index contributed by atoms with van der Waals surface area (Å²) in [5.74, 6) is -1.02. The lowest BCUT2D eigenvalue weighted by Crippen LogP contribution is -2.42. The number of fused-ring (bicyclic) bond motifs is 1. The van der Waals surface area contributed by atoms with Gasteiger partial charge in [0, 0.05) is 6.42 Å². The van der Waals surface area contributed by atoms with Gasteiger partial charge in [0.15, 0.2) is 5.41 Å². The number of hydrogen-bond donors (Lipinski definition) is 0. The molecule has 4 nitrogen and oxygen atoms in total. The Morgan fingerprint density at radius 3 is 2.33 bits per heavy atom. The third-order valence-electron chi connectivity index (χ3n) is 5.46. The van der Waals surface area contributed by atoms with E-state index in [0.717, 1.165) is 24.0 Å². The molecule has 0 aliphatic heterocycles. The van der Waals surface area contributed by atoms with E-state index < -0.39 is 17.4 Å². The fourth-order valence-corrected chi connectivity index (χ4v) is 4.11. The molecule has 0 aromatic heterocycles. The van der Waals surface area contributed by atoms with E-state index in [2.05, 4.69) is 25.1 Å². The molecule has 1 aromatic rings. The van der Waals surface area contributed by atoms with Crippen LogP contribution in [-0.4, -0.2) is 26.2 Å². The van der Waals surface area contributed by atoms with E-state index in [1.54, 1.807) is 0 Å². The molecule has 0 atom stereocenters. The van der Waals surface area contributed by atoms with Crippen LogP contribution in [0.4, 0.5) is 0 Å². The minimum atomic E-state index is -1.24. The predicted molar refractivity (Wildman–Crippen MR) is 91.5 cm³/mol.